The van der Waals surface area contributed by atoms with E-state index in [1.54, 1.807) is 19.0 Å². The summed E-state index contributed by atoms with van der Waals surface area (Å²) in [6, 6.07) is 9.93. The minimum absolute atomic E-state index is 0.00280. The summed E-state index contributed by atoms with van der Waals surface area (Å²) >= 11 is 0. The Labute approximate surface area is 169 Å². The molecule has 0 aromatic heterocycles. The molecule has 3 N–H and O–H groups in total. The predicted molar refractivity (Wildman–Crippen MR) is 114 cm³/mol. The number of hydrogen-bond donors (Lipinski definition) is 3. The molecule has 2 unspecified atom stereocenters. The number of amides is 1. The third-order valence-electron chi connectivity index (χ3n) is 4.43. The molecule has 0 aliphatic rings. The molecule has 7 nitrogen and oxygen atoms in total. The fourth-order valence-corrected chi connectivity index (χ4v) is 2.56. The summed E-state index contributed by atoms with van der Waals surface area (Å²) in [6.07, 6.45) is 0.426. The van der Waals surface area contributed by atoms with Gasteiger partial charge < -0.3 is 25.4 Å². The molecule has 0 bridgehead atoms. The first-order chi connectivity index (χ1) is 13.2. The highest BCUT2D eigenvalue weighted by atomic mass is 16.6. The number of rotatable bonds is 8. The molecule has 0 saturated carbocycles. The first-order valence-corrected chi connectivity index (χ1v) is 9.74. The van der Waals surface area contributed by atoms with Crippen LogP contribution in [-0.4, -0.2) is 67.5 Å². The molecular weight excluding hydrogens is 356 g/mol. The molecule has 1 aromatic carbocycles. The molecule has 1 rings (SSSR count). The van der Waals surface area contributed by atoms with Gasteiger partial charge in [0, 0.05) is 39.1 Å². The van der Waals surface area contributed by atoms with Crippen LogP contribution in [-0.2, 0) is 4.74 Å². The van der Waals surface area contributed by atoms with Crippen LogP contribution in [0.25, 0.3) is 0 Å². The van der Waals surface area contributed by atoms with Gasteiger partial charge >= 0.3 is 6.09 Å². The Balaban J connectivity index is 2.42. The van der Waals surface area contributed by atoms with Crippen LogP contribution in [0.15, 0.2) is 35.3 Å². The number of aliphatic hydroxyl groups excluding tert-OH is 1. The van der Waals surface area contributed by atoms with Gasteiger partial charge in [-0.05, 0) is 39.7 Å². The second-order valence-corrected chi connectivity index (χ2v) is 7.90. The maximum Gasteiger partial charge on any atom is 0.410 e. The Morgan fingerprint density at radius 3 is 2.43 bits per heavy atom. The second-order valence-electron chi connectivity index (χ2n) is 7.90. The molecule has 0 spiro atoms. The summed E-state index contributed by atoms with van der Waals surface area (Å²) in [5, 5.41) is 16.2. The molecule has 0 aliphatic carbocycles. The molecule has 1 amide bonds. The quantitative estimate of drug-likeness (QED) is 0.468. The Kier molecular flexibility index (Phi) is 9.79. The SMILES string of the molecule is CN=C(NCCC(C)N(C)C(=O)OC(C)(C)C)NCC(CO)c1ccccc1. The highest BCUT2D eigenvalue weighted by Crippen LogP contribution is 2.13. The van der Waals surface area contributed by atoms with Crippen molar-refractivity contribution < 1.29 is 14.6 Å². The number of hydrogen-bond acceptors (Lipinski definition) is 4. The largest absolute Gasteiger partial charge is 0.444 e. The van der Waals surface area contributed by atoms with Crippen molar-refractivity contribution in [3.8, 4) is 0 Å². The summed E-state index contributed by atoms with van der Waals surface area (Å²) in [7, 11) is 3.46. The summed E-state index contributed by atoms with van der Waals surface area (Å²) in [6.45, 7) is 8.85. The molecule has 158 valence electrons. The van der Waals surface area contributed by atoms with Gasteiger partial charge in [0.15, 0.2) is 5.96 Å². The summed E-state index contributed by atoms with van der Waals surface area (Å²) < 4.78 is 5.40. The maximum atomic E-state index is 12.1. The number of nitrogens with zero attached hydrogens (tertiary/aromatic N) is 2. The Morgan fingerprint density at radius 2 is 1.89 bits per heavy atom. The summed E-state index contributed by atoms with van der Waals surface area (Å²) in [5.41, 5.74) is 0.581. The molecular formula is C21H36N4O3. The van der Waals surface area contributed by atoms with E-state index in [0.717, 1.165) is 12.0 Å². The van der Waals surface area contributed by atoms with E-state index in [9.17, 15) is 9.90 Å². The van der Waals surface area contributed by atoms with E-state index in [1.165, 1.54) is 0 Å². The average molecular weight is 393 g/mol. The van der Waals surface area contributed by atoms with Gasteiger partial charge in [-0.1, -0.05) is 30.3 Å². The van der Waals surface area contributed by atoms with Gasteiger partial charge in [-0.3, -0.25) is 4.99 Å². The highest BCUT2D eigenvalue weighted by Gasteiger charge is 2.22. The van der Waals surface area contributed by atoms with Crippen LogP contribution in [0.4, 0.5) is 4.79 Å². The van der Waals surface area contributed by atoms with Crippen LogP contribution >= 0.6 is 0 Å². The highest BCUT2D eigenvalue weighted by molar-refractivity contribution is 5.79. The molecule has 1 aromatic rings. The first kappa shape index (κ1) is 23.8. The van der Waals surface area contributed by atoms with Gasteiger partial charge in [0.25, 0.3) is 0 Å². The average Bonchev–Trinajstić information content (AvgIpc) is 2.65. The predicted octanol–water partition coefficient (Wildman–Crippen LogP) is 2.57. The zero-order valence-corrected chi connectivity index (χ0v) is 18.0. The number of carbonyl (C=O) groups is 1. The Morgan fingerprint density at radius 1 is 1.25 bits per heavy atom. The van der Waals surface area contributed by atoms with Gasteiger partial charge in [-0.25, -0.2) is 4.79 Å². The van der Waals surface area contributed by atoms with E-state index in [1.807, 2.05) is 58.0 Å². The Bertz CT molecular complexity index is 614. The molecule has 0 saturated heterocycles. The van der Waals surface area contributed by atoms with Crippen molar-refractivity contribution in [1.82, 2.24) is 15.5 Å². The van der Waals surface area contributed by atoms with E-state index in [0.29, 0.717) is 19.0 Å². The number of carbonyl (C=O) groups excluding carboxylic acids is 1. The number of benzene rings is 1. The van der Waals surface area contributed by atoms with Gasteiger partial charge in [-0.2, -0.15) is 0 Å². The van der Waals surface area contributed by atoms with E-state index >= 15 is 0 Å². The van der Waals surface area contributed by atoms with Crippen molar-refractivity contribution in [2.24, 2.45) is 4.99 Å². The van der Waals surface area contributed by atoms with Crippen LogP contribution in [0.3, 0.4) is 0 Å². The van der Waals surface area contributed by atoms with Crippen molar-refractivity contribution in [3.63, 3.8) is 0 Å². The molecule has 0 fully saturated rings. The standard InChI is InChI=1S/C21H36N4O3/c1-16(25(6)20(27)28-21(2,3)4)12-13-23-19(22-5)24-14-18(15-26)17-10-8-7-9-11-17/h7-11,16,18,26H,12-15H2,1-6H3,(H2,22,23,24). The van der Waals surface area contributed by atoms with Gasteiger partial charge in [-0.15, -0.1) is 0 Å². The van der Waals surface area contributed by atoms with Crippen molar-refractivity contribution >= 4 is 12.1 Å². The van der Waals surface area contributed by atoms with Crippen LogP contribution in [0.1, 0.15) is 45.6 Å². The molecule has 0 heterocycles. The van der Waals surface area contributed by atoms with Crippen LogP contribution < -0.4 is 10.6 Å². The van der Waals surface area contributed by atoms with Crippen LogP contribution in [0.2, 0.25) is 0 Å². The van der Waals surface area contributed by atoms with Gasteiger partial charge in [0.05, 0.1) is 6.61 Å². The third kappa shape index (κ3) is 8.61. The number of nitrogens with one attached hydrogen (secondary N) is 2. The van der Waals surface area contributed by atoms with Gasteiger partial charge in [0.2, 0.25) is 0 Å². The van der Waals surface area contributed by atoms with E-state index < -0.39 is 5.60 Å². The topological polar surface area (TPSA) is 86.2 Å². The fraction of sp³-hybridized carbons (Fsp3) is 0.619. The fourth-order valence-electron chi connectivity index (χ4n) is 2.56. The van der Waals surface area contributed by atoms with Crippen LogP contribution in [0.5, 0.6) is 0 Å². The van der Waals surface area contributed by atoms with Crippen molar-refractivity contribution in [1.29, 1.82) is 0 Å². The van der Waals surface area contributed by atoms with Gasteiger partial charge in [0.1, 0.15) is 5.60 Å². The first-order valence-electron chi connectivity index (χ1n) is 9.74. The number of guanidine groups is 1. The summed E-state index contributed by atoms with van der Waals surface area (Å²) in [5.74, 6) is 0.665. The van der Waals surface area contributed by atoms with Crippen molar-refractivity contribution in [2.45, 2.75) is 51.7 Å². The lowest BCUT2D eigenvalue weighted by Gasteiger charge is -2.29. The van der Waals surface area contributed by atoms with Crippen LogP contribution in [0, 0.1) is 0 Å². The van der Waals surface area contributed by atoms with E-state index in [2.05, 4.69) is 15.6 Å². The molecule has 0 radical (unpaired) electrons. The van der Waals surface area contributed by atoms with E-state index in [-0.39, 0.29) is 24.7 Å². The third-order valence-corrected chi connectivity index (χ3v) is 4.43. The minimum atomic E-state index is -0.503. The summed E-state index contributed by atoms with van der Waals surface area (Å²) in [4.78, 5) is 18.0. The van der Waals surface area contributed by atoms with Crippen molar-refractivity contribution in [2.75, 3.05) is 33.8 Å². The zero-order valence-electron chi connectivity index (χ0n) is 18.0. The molecule has 28 heavy (non-hydrogen) atoms. The molecule has 0 aliphatic heterocycles. The maximum absolute atomic E-state index is 12.1. The second kappa shape index (κ2) is 11.5. The number of aliphatic imine (C=N–C) groups is 1. The monoisotopic (exact) mass is 392 g/mol. The Hall–Kier alpha value is -2.28. The lowest BCUT2D eigenvalue weighted by Crippen LogP contribution is -2.43. The molecule has 2 atom stereocenters. The number of ether oxygens (including phenoxy) is 1. The lowest BCUT2D eigenvalue weighted by molar-refractivity contribution is 0.0230. The lowest BCUT2D eigenvalue weighted by atomic mass is 10.0. The minimum Gasteiger partial charge on any atom is -0.444 e. The van der Waals surface area contributed by atoms with E-state index in [4.69, 9.17) is 4.74 Å². The normalized spacial score (nSPS) is 14.2. The number of aliphatic hydroxyl groups is 1. The zero-order chi connectivity index (χ0) is 21.2. The smallest absolute Gasteiger partial charge is 0.410 e. The molecule has 7 heteroatoms. The van der Waals surface area contributed by atoms with Crippen molar-refractivity contribution in [3.05, 3.63) is 35.9 Å².